The number of para-hydroxylation sites is 2. The van der Waals surface area contributed by atoms with Crippen molar-refractivity contribution in [1.82, 2.24) is 0 Å². The first-order chi connectivity index (χ1) is 25.8. The Balaban J connectivity index is 1.09. The summed E-state index contributed by atoms with van der Waals surface area (Å²) < 4.78 is 9.13. The zero-order valence-corrected chi connectivity index (χ0v) is 29.0. The molecule has 11 rings (SSSR count). The zero-order valence-electron chi connectivity index (χ0n) is 28.1. The molecule has 0 saturated heterocycles. The Morgan fingerprint density at radius 2 is 0.808 bits per heavy atom. The van der Waals surface area contributed by atoms with Crippen molar-refractivity contribution >= 4 is 75.0 Å². The van der Waals surface area contributed by atoms with Gasteiger partial charge in [0, 0.05) is 42.1 Å². The van der Waals surface area contributed by atoms with Gasteiger partial charge in [0.25, 0.3) is 0 Å². The van der Waals surface area contributed by atoms with Gasteiger partial charge in [-0.3, -0.25) is 0 Å². The molecular formula is C50H30OS. The fraction of sp³-hybridized carbons (Fsp3) is 0. The van der Waals surface area contributed by atoms with Gasteiger partial charge in [0.1, 0.15) is 11.2 Å². The number of thiophene rings is 1. The summed E-state index contributed by atoms with van der Waals surface area (Å²) in [7, 11) is 0. The highest BCUT2D eigenvalue weighted by atomic mass is 32.1. The van der Waals surface area contributed by atoms with Crippen LogP contribution in [0.4, 0.5) is 0 Å². The number of hydrogen-bond acceptors (Lipinski definition) is 2. The lowest BCUT2D eigenvalue weighted by molar-refractivity contribution is 0.670. The summed E-state index contributed by atoms with van der Waals surface area (Å²) in [5.74, 6) is 0. The summed E-state index contributed by atoms with van der Waals surface area (Å²) in [6.07, 6.45) is 0. The molecule has 0 aliphatic rings. The first-order valence-electron chi connectivity index (χ1n) is 17.8. The molecular weight excluding hydrogens is 649 g/mol. The van der Waals surface area contributed by atoms with E-state index in [9.17, 15) is 0 Å². The van der Waals surface area contributed by atoms with E-state index in [1.54, 1.807) is 0 Å². The highest BCUT2D eigenvalue weighted by Gasteiger charge is 2.20. The fourth-order valence-corrected chi connectivity index (χ4v) is 9.64. The first-order valence-corrected chi connectivity index (χ1v) is 18.6. The van der Waals surface area contributed by atoms with E-state index < -0.39 is 0 Å². The van der Waals surface area contributed by atoms with Gasteiger partial charge in [-0.25, -0.2) is 0 Å². The Bertz CT molecular complexity index is 3120. The smallest absolute Gasteiger partial charge is 0.143 e. The summed E-state index contributed by atoms with van der Waals surface area (Å²) in [6, 6.07) is 66.1. The summed E-state index contributed by atoms with van der Waals surface area (Å²) in [6.45, 7) is 0. The molecule has 52 heavy (non-hydrogen) atoms. The number of hydrogen-bond donors (Lipinski definition) is 0. The molecule has 0 spiro atoms. The van der Waals surface area contributed by atoms with Gasteiger partial charge in [-0.05, 0) is 67.1 Å². The van der Waals surface area contributed by atoms with Gasteiger partial charge in [-0.15, -0.1) is 11.3 Å². The normalized spacial score (nSPS) is 11.8. The van der Waals surface area contributed by atoms with E-state index in [2.05, 4.69) is 170 Å². The van der Waals surface area contributed by atoms with Crippen LogP contribution >= 0.6 is 11.3 Å². The van der Waals surface area contributed by atoms with Crippen molar-refractivity contribution in [2.24, 2.45) is 0 Å². The van der Waals surface area contributed by atoms with Crippen molar-refractivity contribution in [3.63, 3.8) is 0 Å². The maximum absolute atomic E-state index is 6.47. The first kappa shape index (κ1) is 29.3. The fourth-order valence-electron chi connectivity index (χ4n) is 8.42. The van der Waals surface area contributed by atoms with Crippen LogP contribution in [0.5, 0.6) is 0 Å². The van der Waals surface area contributed by atoms with E-state index in [0.29, 0.717) is 0 Å². The third-order valence-corrected chi connectivity index (χ3v) is 11.9. The molecule has 0 aliphatic heterocycles. The van der Waals surface area contributed by atoms with Crippen LogP contribution in [0.3, 0.4) is 0 Å². The van der Waals surface area contributed by atoms with Gasteiger partial charge in [0.15, 0.2) is 0 Å². The Kier molecular flexibility index (Phi) is 6.49. The third kappa shape index (κ3) is 4.35. The van der Waals surface area contributed by atoms with Crippen molar-refractivity contribution in [1.29, 1.82) is 0 Å². The molecule has 0 amide bonds. The Morgan fingerprint density at radius 3 is 1.54 bits per heavy atom. The van der Waals surface area contributed by atoms with Crippen molar-refractivity contribution in [2.75, 3.05) is 0 Å². The Hall–Kier alpha value is -6.48. The van der Waals surface area contributed by atoms with E-state index in [0.717, 1.165) is 33.1 Å². The van der Waals surface area contributed by atoms with E-state index in [1.807, 2.05) is 23.5 Å². The van der Waals surface area contributed by atoms with Crippen molar-refractivity contribution in [2.45, 2.75) is 0 Å². The van der Waals surface area contributed by atoms with Crippen LogP contribution in [-0.4, -0.2) is 0 Å². The maximum Gasteiger partial charge on any atom is 0.143 e. The second kappa shape index (κ2) is 11.5. The molecule has 9 aromatic carbocycles. The number of rotatable bonds is 4. The third-order valence-electron chi connectivity index (χ3n) is 10.7. The lowest BCUT2D eigenvalue weighted by atomic mass is 9.85. The summed E-state index contributed by atoms with van der Waals surface area (Å²) in [5.41, 5.74) is 11.5. The Labute approximate surface area is 304 Å². The second-order valence-corrected chi connectivity index (χ2v) is 14.6. The highest BCUT2D eigenvalue weighted by molar-refractivity contribution is 7.26. The van der Waals surface area contributed by atoms with Crippen LogP contribution < -0.4 is 0 Å². The minimum atomic E-state index is 0.915. The van der Waals surface area contributed by atoms with Gasteiger partial charge in [-0.2, -0.15) is 0 Å². The highest BCUT2D eigenvalue weighted by Crippen LogP contribution is 2.48. The molecule has 0 N–H and O–H groups in total. The van der Waals surface area contributed by atoms with Gasteiger partial charge in [-0.1, -0.05) is 170 Å². The SMILES string of the molecule is c1ccc(-c2cccc3c2oc2ccccc23)c(-c2ccc(-c3c4ccccc4c(-c4cccc5c4sc4ccccc45)c4ccccc34)cc2)c1. The molecule has 0 bridgehead atoms. The van der Waals surface area contributed by atoms with E-state index >= 15 is 0 Å². The number of furan rings is 1. The lowest BCUT2D eigenvalue weighted by Gasteiger charge is -2.18. The molecule has 2 heteroatoms. The van der Waals surface area contributed by atoms with Crippen LogP contribution in [0.15, 0.2) is 186 Å². The molecule has 0 radical (unpaired) electrons. The second-order valence-electron chi connectivity index (χ2n) is 13.5. The van der Waals surface area contributed by atoms with Crippen molar-refractivity contribution in [3.05, 3.63) is 182 Å². The topological polar surface area (TPSA) is 13.1 Å². The van der Waals surface area contributed by atoms with Gasteiger partial charge >= 0.3 is 0 Å². The average molecular weight is 679 g/mol. The molecule has 2 aromatic heterocycles. The van der Waals surface area contributed by atoms with Crippen LogP contribution in [0, 0.1) is 0 Å². The van der Waals surface area contributed by atoms with E-state index in [4.69, 9.17) is 4.42 Å². The van der Waals surface area contributed by atoms with Crippen LogP contribution in [0.1, 0.15) is 0 Å². The summed E-state index contributed by atoms with van der Waals surface area (Å²) >= 11 is 1.90. The zero-order chi connectivity index (χ0) is 34.2. The summed E-state index contributed by atoms with van der Waals surface area (Å²) in [5, 5.41) is 10.0. The molecule has 0 saturated carbocycles. The molecule has 11 aromatic rings. The molecule has 0 fully saturated rings. The van der Waals surface area contributed by atoms with Gasteiger partial charge in [0.05, 0.1) is 0 Å². The predicted octanol–water partition coefficient (Wildman–Crippen LogP) is 14.9. The quantitative estimate of drug-likeness (QED) is 0.169. The molecule has 242 valence electrons. The van der Waals surface area contributed by atoms with Gasteiger partial charge in [0.2, 0.25) is 0 Å². The standard InChI is InChI=1S/C50H30OS/c1-2-14-34(41-21-11-22-42-35-15-7-9-25-45(35)51-49(41)42)33(13-1)31-27-29-32(30-28-31)47-37-17-3-5-19-39(37)48(40-20-6-4-18-38(40)47)44-24-12-23-43-36-16-8-10-26-46(36)52-50(43)44/h1-30H. The monoisotopic (exact) mass is 678 g/mol. The molecule has 2 heterocycles. The Morgan fingerprint density at radius 1 is 0.308 bits per heavy atom. The average Bonchev–Trinajstić information content (AvgIpc) is 3.79. The van der Waals surface area contributed by atoms with E-state index in [1.165, 1.54) is 75.1 Å². The van der Waals surface area contributed by atoms with Gasteiger partial charge < -0.3 is 4.42 Å². The molecule has 0 unspecified atom stereocenters. The maximum atomic E-state index is 6.47. The minimum Gasteiger partial charge on any atom is -0.455 e. The minimum absolute atomic E-state index is 0.915. The van der Waals surface area contributed by atoms with Crippen LogP contribution in [0.25, 0.3) is 108 Å². The van der Waals surface area contributed by atoms with Crippen molar-refractivity contribution < 1.29 is 4.42 Å². The molecule has 0 aliphatic carbocycles. The van der Waals surface area contributed by atoms with Crippen LogP contribution in [0.2, 0.25) is 0 Å². The van der Waals surface area contributed by atoms with Crippen LogP contribution in [-0.2, 0) is 0 Å². The largest absolute Gasteiger partial charge is 0.455 e. The lowest BCUT2D eigenvalue weighted by Crippen LogP contribution is -1.91. The molecule has 1 nitrogen and oxygen atoms in total. The number of fused-ring (bicyclic) bond motifs is 8. The predicted molar refractivity (Wildman–Crippen MR) is 223 cm³/mol. The van der Waals surface area contributed by atoms with Crippen molar-refractivity contribution in [3.8, 4) is 44.5 Å². The number of benzene rings is 9. The molecule has 0 atom stereocenters. The summed E-state index contributed by atoms with van der Waals surface area (Å²) in [4.78, 5) is 0. The van der Waals surface area contributed by atoms with E-state index in [-0.39, 0.29) is 0 Å².